The normalized spacial score (nSPS) is 10.8. The zero-order valence-corrected chi connectivity index (χ0v) is 17.2. The Kier molecular flexibility index (Phi) is 5.78. The van der Waals surface area contributed by atoms with Gasteiger partial charge in [-0.3, -0.25) is 4.79 Å². The summed E-state index contributed by atoms with van der Waals surface area (Å²) in [5, 5.41) is 16.9. The van der Waals surface area contributed by atoms with Crippen LogP contribution in [-0.4, -0.2) is 20.5 Å². The Morgan fingerprint density at radius 2 is 2.19 bits per heavy atom. The molecule has 1 N–H and O–H groups in total. The van der Waals surface area contributed by atoms with Gasteiger partial charge in [-0.05, 0) is 43.5 Å². The molecule has 0 fully saturated rings. The number of hydrogen-bond donors (Lipinski definition) is 1. The molecule has 0 bridgehead atoms. The smallest absolute Gasteiger partial charge is 0.220 e. The number of hydrogen-bond acceptors (Lipinski definition) is 4. The van der Waals surface area contributed by atoms with E-state index in [0.717, 1.165) is 27.0 Å². The Morgan fingerprint density at radius 1 is 1.41 bits per heavy atom. The minimum atomic E-state index is -0.0638. The Balaban J connectivity index is 1.67. The fourth-order valence-electron chi connectivity index (χ4n) is 2.94. The predicted octanol–water partition coefficient (Wildman–Crippen LogP) is 3.88. The summed E-state index contributed by atoms with van der Waals surface area (Å²) in [4.78, 5) is 16.7. The number of nitrogens with zero attached hydrogens (tertiary/aromatic N) is 4. The van der Waals surface area contributed by atoms with Crippen LogP contribution in [0.4, 0.5) is 0 Å². The number of nitriles is 1. The van der Waals surface area contributed by atoms with Crippen LogP contribution in [0.2, 0.25) is 5.02 Å². The molecule has 0 aliphatic carbocycles. The van der Waals surface area contributed by atoms with Crippen molar-refractivity contribution in [1.29, 1.82) is 5.26 Å². The molecule has 1 aromatic carbocycles. The lowest BCUT2D eigenvalue weighted by molar-refractivity contribution is -0.121. The van der Waals surface area contributed by atoms with E-state index in [1.165, 1.54) is 6.20 Å². The molecule has 0 saturated heterocycles. The van der Waals surface area contributed by atoms with Crippen LogP contribution in [0, 0.1) is 25.2 Å². The third-order valence-electron chi connectivity index (χ3n) is 4.42. The van der Waals surface area contributed by atoms with Crippen molar-refractivity contribution < 1.29 is 4.79 Å². The Hall–Kier alpha value is -2.43. The summed E-state index contributed by atoms with van der Waals surface area (Å²) in [5.74, 6) is -0.0638. The maximum atomic E-state index is 12.3. The number of amides is 1. The highest BCUT2D eigenvalue weighted by Crippen LogP contribution is 2.21. The fourth-order valence-corrected chi connectivity index (χ4v) is 3.68. The summed E-state index contributed by atoms with van der Waals surface area (Å²) in [6.07, 6.45) is 2.38. The summed E-state index contributed by atoms with van der Waals surface area (Å²) >= 11 is 9.54. The molecule has 27 heavy (non-hydrogen) atoms. The van der Waals surface area contributed by atoms with Gasteiger partial charge in [-0.2, -0.15) is 10.4 Å². The number of nitrogens with one attached hydrogen (secondary N) is 1. The van der Waals surface area contributed by atoms with E-state index in [0.29, 0.717) is 35.6 Å². The molecule has 0 radical (unpaired) electrons. The van der Waals surface area contributed by atoms with Gasteiger partial charge >= 0.3 is 0 Å². The summed E-state index contributed by atoms with van der Waals surface area (Å²) in [6, 6.07) is 7.66. The summed E-state index contributed by atoms with van der Waals surface area (Å²) in [5.41, 5.74) is 4.52. The first-order valence-electron chi connectivity index (χ1n) is 8.35. The number of carbonyl (C=O) groups is 1. The number of benzene rings is 1. The van der Waals surface area contributed by atoms with Crippen molar-refractivity contribution in [3.63, 3.8) is 0 Å². The number of aryl methyl sites for hydroxylation is 2. The predicted molar refractivity (Wildman–Crippen MR) is 106 cm³/mol. The lowest BCUT2D eigenvalue weighted by atomic mass is 10.1. The highest BCUT2D eigenvalue weighted by atomic mass is 79.9. The molecule has 6 nitrogen and oxygen atoms in total. The molecule has 1 amide bonds. The van der Waals surface area contributed by atoms with Crippen molar-refractivity contribution in [3.8, 4) is 6.07 Å². The molecule has 0 aliphatic heterocycles. The molecule has 0 atom stereocenters. The minimum absolute atomic E-state index is 0.0638. The first kappa shape index (κ1) is 19.3. The lowest BCUT2D eigenvalue weighted by Crippen LogP contribution is -2.23. The first-order valence-corrected chi connectivity index (χ1v) is 9.52. The third-order valence-corrected chi connectivity index (χ3v) is 5.27. The van der Waals surface area contributed by atoms with E-state index in [2.05, 4.69) is 37.4 Å². The van der Waals surface area contributed by atoms with Crippen LogP contribution in [0.1, 0.15) is 34.5 Å². The second-order valence-corrected chi connectivity index (χ2v) is 7.50. The Labute approximate surface area is 170 Å². The van der Waals surface area contributed by atoms with Gasteiger partial charge in [0, 0.05) is 33.8 Å². The van der Waals surface area contributed by atoms with Crippen LogP contribution in [0.5, 0.6) is 0 Å². The van der Waals surface area contributed by atoms with Gasteiger partial charge in [-0.1, -0.05) is 33.6 Å². The molecular formula is C19H17BrClN5O. The average molecular weight is 447 g/mol. The molecule has 3 rings (SSSR count). The van der Waals surface area contributed by atoms with Crippen LogP contribution in [0.3, 0.4) is 0 Å². The molecule has 2 aromatic heterocycles. The number of fused-ring (bicyclic) bond motifs is 1. The van der Waals surface area contributed by atoms with Crippen molar-refractivity contribution in [2.75, 3.05) is 0 Å². The largest absolute Gasteiger partial charge is 0.352 e. The lowest BCUT2D eigenvalue weighted by Gasteiger charge is -2.12. The van der Waals surface area contributed by atoms with Crippen LogP contribution in [0.25, 0.3) is 5.65 Å². The maximum absolute atomic E-state index is 12.3. The number of halogens is 2. The van der Waals surface area contributed by atoms with Crippen molar-refractivity contribution in [3.05, 3.63) is 62.0 Å². The average Bonchev–Trinajstić information content (AvgIpc) is 3.03. The molecule has 0 aliphatic rings. The maximum Gasteiger partial charge on any atom is 0.220 e. The summed E-state index contributed by atoms with van der Waals surface area (Å²) in [7, 11) is 0. The second-order valence-electron chi connectivity index (χ2n) is 6.18. The standard InChI is InChI=1S/C19H17BrClN5O/c1-11-16(12(2)26-19(25-11)14(8-22)10-24-26)5-6-18(27)23-9-13-3-4-15(20)7-17(13)21/h3-4,7,10H,5-6,9H2,1-2H3,(H,23,27). The first-order chi connectivity index (χ1) is 12.9. The number of carbonyl (C=O) groups excluding carboxylic acids is 1. The van der Waals surface area contributed by atoms with Gasteiger partial charge in [0.1, 0.15) is 11.6 Å². The molecule has 138 valence electrons. The Morgan fingerprint density at radius 3 is 2.89 bits per heavy atom. The fraction of sp³-hybridized carbons (Fsp3) is 0.263. The van der Waals surface area contributed by atoms with E-state index in [1.807, 2.05) is 26.0 Å². The second kappa shape index (κ2) is 8.07. The zero-order valence-electron chi connectivity index (χ0n) is 14.9. The SMILES string of the molecule is Cc1nc2c(C#N)cnn2c(C)c1CCC(=O)NCc1ccc(Br)cc1Cl. The van der Waals surface area contributed by atoms with Crippen molar-refractivity contribution in [1.82, 2.24) is 19.9 Å². The highest BCUT2D eigenvalue weighted by molar-refractivity contribution is 9.10. The van der Waals surface area contributed by atoms with Crippen LogP contribution < -0.4 is 5.32 Å². The number of rotatable bonds is 5. The molecule has 2 heterocycles. The van der Waals surface area contributed by atoms with Crippen LogP contribution in [0.15, 0.2) is 28.9 Å². The van der Waals surface area contributed by atoms with Crippen molar-refractivity contribution >= 4 is 39.1 Å². The van der Waals surface area contributed by atoms with Gasteiger partial charge in [0.25, 0.3) is 0 Å². The molecule has 3 aromatic rings. The van der Waals surface area contributed by atoms with Gasteiger partial charge in [0.15, 0.2) is 5.65 Å². The highest BCUT2D eigenvalue weighted by Gasteiger charge is 2.14. The van der Waals surface area contributed by atoms with E-state index in [1.54, 1.807) is 10.6 Å². The van der Waals surface area contributed by atoms with E-state index in [4.69, 9.17) is 16.9 Å². The third kappa shape index (κ3) is 4.12. The van der Waals surface area contributed by atoms with E-state index >= 15 is 0 Å². The molecular weight excluding hydrogens is 430 g/mol. The zero-order chi connectivity index (χ0) is 19.6. The quantitative estimate of drug-likeness (QED) is 0.644. The monoisotopic (exact) mass is 445 g/mol. The summed E-state index contributed by atoms with van der Waals surface area (Å²) in [6.45, 7) is 4.19. The number of aromatic nitrogens is 3. The molecule has 0 unspecified atom stereocenters. The van der Waals surface area contributed by atoms with Gasteiger partial charge in [-0.25, -0.2) is 9.50 Å². The van der Waals surface area contributed by atoms with Gasteiger partial charge in [-0.15, -0.1) is 0 Å². The van der Waals surface area contributed by atoms with Gasteiger partial charge < -0.3 is 5.32 Å². The summed E-state index contributed by atoms with van der Waals surface area (Å²) < 4.78 is 2.55. The van der Waals surface area contributed by atoms with Crippen molar-refractivity contribution in [2.24, 2.45) is 0 Å². The Bertz CT molecular complexity index is 1070. The molecule has 0 spiro atoms. The minimum Gasteiger partial charge on any atom is -0.352 e. The van der Waals surface area contributed by atoms with Crippen LogP contribution in [-0.2, 0) is 17.8 Å². The van der Waals surface area contributed by atoms with E-state index in [-0.39, 0.29) is 5.91 Å². The van der Waals surface area contributed by atoms with Gasteiger partial charge in [0.2, 0.25) is 5.91 Å². The van der Waals surface area contributed by atoms with Crippen molar-refractivity contribution in [2.45, 2.75) is 33.2 Å². The van der Waals surface area contributed by atoms with Gasteiger partial charge in [0.05, 0.1) is 6.20 Å². The van der Waals surface area contributed by atoms with Crippen LogP contribution >= 0.6 is 27.5 Å². The molecule has 8 heteroatoms. The molecule has 0 saturated carbocycles. The van der Waals surface area contributed by atoms with E-state index < -0.39 is 0 Å². The topological polar surface area (TPSA) is 83.1 Å². The van der Waals surface area contributed by atoms with E-state index in [9.17, 15) is 4.79 Å².